The van der Waals surface area contributed by atoms with Gasteiger partial charge in [-0.2, -0.15) is 0 Å². The predicted molar refractivity (Wildman–Crippen MR) is 79.2 cm³/mol. The highest BCUT2D eigenvalue weighted by molar-refractivity contribution is 5.57. The van der Waals surface area contributed by atoms with E-state index < -0.39 is 0 Å². The molecule has 106 valence electrons. The fourth-order valence-corrected chi connectivity index (χ4v) is 2.92. The average Bonchev–Trinajstić information content (AvgIpc) is 2.81. The standard InChI is InChI=1S/C16H25FN2/c1-4-10-18-13(3)14-8-5-9-15(17)16(14)19-11-6-7-12(19)2/h5,8-9,12-13,18H,4,6-7,10-11H2,1-3H3. The smallest absolute Gasteiger partial charge is 0.146 e. The van der Waals surface area contributed by atoms with Crippen molar-refractivity contribution in [2.24, 2.45) is 0 Å². The molecule has 0 amide bonds. The van der Waals surface area contributed by atoms with Crippen LogP contribution in [0, 0.1) is 5.82 Å². The SMILES string of the molecule is CCCNC(C)c1cccc(F)c1N1CCCC1C. The van der Waals surface area contributed by atoms with Gasteiger partial charge in [-0.1, -0.05) is 19.1 Å². The van der Waals surface area contributed by atoms with Crippen molar-refractivity contribution >= 4 is 5.69 Å². The molecule has 2 rings (SSSR count). The zero-order valence-corrected chi connectivity index (χ0v) is 12.2. The minimum absolute atomic E-state index is 0.0867. The number of benzene rings is 1. The Balaban J connectivity index is 2.30. The number of nitrogens with zero attached hydrogens (tertiary/aromatic N) is 1. The van der Waals surface area contributed by atoms with Crippen LogP contribution >= 0.6 is 0 Å². The van der Waals surface area contributed by atoms with Gasteiger partial charge in [-0.25, -0.2) is 4.39 Å². The summed E-state index contributed by atoms with van der Waals surface area (Å²) in [5.74, 6) is -0.0867. The summed E-state index contributed by atoms with van der Waals surface area (Å²) in [6.07, 6.45) is 3.41. The van der Waals surface area contributed by atoms with Crippen molar-refractivity contribution in [2.75, 3.05) is 18.0 Å². The fourth-order valence-electron chi connectivity index (χ4n) is 2.92. The summed E-state index contributed by atoms with van der Waals surface area (Å²) in [6.45, 7) is 8.39. The number of hydrogen-bond donors (Lipinski definition) is 1. The summed E-state index contributed by atoms with van der Waals surface area (Å²) in [4.78, 5) is 2.23. The molecule has 1 aliphatic rings. The molecule has 19 heavy (non-hydrogen) atoms. The van der Waals surface area contributed by atoms with Crippen LogP contribution in [-0.4, -0.2) is 19.1 Å². The molecule has 0 aromatic heterocycles. The minimum Gasteiger partial charge on any atom is -0.366 e. The molecule has 1 N–H and O–H groups in total. The number of rotatable bonds is 5. The number of para-hydroxylation sites is 1. The molecular formula is C16H25FN2. The Morgan fingerprint density at radius 3 is 2.89 bits per heavy atom. The van der Waals surface area contributed by atoms with Gasteiger partial charge in [0.15, 0.2) is 0 Å². The molecule has 0 bridgehead atoms. The van der Waals surface area contributed by atoms with Gasteiger partial charge in [-0.05, 0) is 51.3 Å². The van der Waals surface area contributed by atoms with Crippen molar-refractivity contribution in [1.29, 1.82) is 0 Å². The van der Waals surface area contributed by atoms with Crippen LogP contribution in [0.2, 0.25) is 0 Å². The first-order valence-electron chi connectivity index (χ1n) is 7.43. The fraction of sp³-hybridized carbons (Fsp3) is 0.625. The largest absolute Gasteiger partial charge is 0.366 e. The van der Waals surface area contributed by atoms with Crippen LogP contribution in [0.4, 0.5) is 10.1 Å². The Hall–Kier alpha value is -1.09. The van der Waals surface area contributed by atoms with Gasteiger partial charge in [0, 0.05) is 18.6 Å². The maximum absolute atomic E-state index is 14.3. The van der Waals surface area contributed by atoms with Gasteiger partial charge in [0.05, 0.1) is 5.69 Å². The first kappa shape index (κ1) is 14.3. The Morgan fingerprint density at radius 1 is 1.47 bits per heavy atom. The summed E-state index contributed by atoms with van der Waals surface area (Å²) >= 11 is 0. The molecule has 2 nitrogen and oxygen atoms in total. The van der Waals surface area contributed by atoms with E-state index in [1.807, 2.05) is 6.07 Å². The highest BCUT2D eigenvalue weighted by atomic mass is 19.1. The van der Waals surface area contributed by atoms with Crippen molar-refractivity contribution in [3.63, 3.8) is 0 Å². The van der Waals surface area contributed by atoms with Gasteiger partial charge in [0.25, 0.3) is 0 Å². The molecule has 0 saturated carbocycles. The summed E-state index contributed by atoms with van der Waals surface area (Å²) < 4.78 is 14.3. The van der Waals surface area contributed by atoms with Crippen molar-refractivity contribution < 1.29 is 4.39 Å². The maximum Gasteiger partial charge on any atom is 0.146 e. The van der Waals surface area contributed by atoms with Gasteiger partial charge in [-0.15, -0.1) is 0 Å². The third kappa shape index (κ3) is 3.08. The number of halogens is 1. The number of hydrogen-bond acceptors (Lipinski definition) is 2. The molecule has 0 radical (unpaired) electrons. The van der Waals surface area contributed by atoms with Gasteiger partial charge in [0.2, 0.25) is 0 Å². The molecular weight excluding hydrogens is 239 g/mol. The quantitative estimate of drug-likeness (QED) is 0.868. The lowest BCUT2D eigenvalue weighted by atomic mass is 10.0. The number of nitrogens with one attached hydrogen (secondary N) is 1. The van der Waals surface area contributed by atoms with E-state index in [0.29, 0.717) is 6.04 Å². The molecule has 2 atom stereocenters. The second-order valence-electron chi connectivity index (χ2n) is 5.54. The van der Waals surface area contributed by atoms with E-state index in [0.717, 1.165) is 43.6 Å². The lowest BCUT2D eigenvalue weighted by Gasteiger charge is -2.29. The Labute approximate surface area is 116 Å². The van der Waals surface area contributed by atoms with E-state index in [9.17, 15) is 4.39 Å². The van der Waals surface area contributed by atoms with Crippen molar-refractivity contribution in [3.05, 3.63) is 29.6 Å². The second kappa shape index (κ2) is 6.38. The monoisotopic (exact) mass is 264 g/mol. The summed E-state index contributed by atoms with van der Waals surface area (Å²) in [7, 11) is 0. The Bertz CT molecular complexity index is 419. The molecule has 1 saturated heterocycles. The van der Waals surface area contributed by atoms with Gasteiger partial charge in [0.1, 0.15) is 5.82 Å². The third-order valence-corrected chi connectivity index (χ3v) is 4.03. The van der Waals surface area contributed by atoms with Crippen LogP contribution < -0.4 is 10.2 Å². The Kier molecular flexibility index (Phi) is 4.81. The van der Waals surface area contributed by atoms with E-state index in [4.69, 9.17) is 0 Å². The molecule has 0 aliphatic carbocycles. The average molecular weight is 264 g/mol. The first-order valence-corrected chi connectivity index (χ1v) is 7.43. The molecule has 1 fully saturated rings. The lowest BCUT2D eigenvalue weighted by molar-refractivity contribution is 0.557. The van der Waals surface area contributed by atoms with E-state index >= 15 is 0 Å². The Morgan fingerprint density at radius 2 is 2.26 bits per heavy atom. The third-order valence-electron chi connectivity index (χ3n) is 4.03. The van der Waals surface area contributed by atoms with Crippen molar-refractivity contribution in [2.45, 2.75) is 52.1 Å². The zero-order valence-electron chi connectivity index (χ0n) is 12.2. The molecule has 1 aliphatic heterocycles. The maximum atomic E-state index is 14.3. The molecule has 3 heteroatoms. The van der Waals surface area contributed by atoms with Crippen molar-refractivity contribution in [3.8, 4) is 0 Å². The van der Waals surface area contributed by atoms with Gasteiger partial charge >= 0.3 is 0 Å². The minimum atomic E-state index is -0.0867. The summed E-state index contributed by atoms with van der Waals surface area (Å²) in [5, 5.41) is 3.46. The van der Waals surface area contributed by atoms with E-state index in [1.165, 1.54) is 0 Å². The van der Waals surface area contributed by atoms with Crippen LogP contribution in [0.3, 0.4) is 0 Å². The van der Waals surface area contributed by atoms with Crippen LogP contribution in [-0.2, 0) is 0 Å². The van der Waals surface area contributed by atoms with E-state index in [-0.39, 0.29) is 11.9 Å². The van der Waals surface area contributed by atoms with Crippen LogP contribution in [0.5, 0.6) is 0 Å². The van der Waals surface area contributed by atoms with Crippen LogP contribution in [0.25, 0.3) is 0 Å². The molecule has 1 aromatic carbocycles. The molecule has 1 heterocycles. The number of anilines is 1. The van der Waals surface area contributed by atoms with Gasteiger partial charge < -0.3 is 10.2 Å². The molecule has 1 aromatic rings. The zero-order chi connectivity index (χ0) is 13.8. The molecule has 0 spiro atoms. The van der Waals surface area contributed by atoms with Crippen LogP contribution in [0.15, 0.2) is 18.2 Å². The highest BCUT2D eigenvalue weighted by Crippen LogP contribution is 2.34. The summed E-state index contributed by atoms with van der Waals surface area (Å²) in [5.41, 5.74) is 1.89. The summed E-state index contributed by atoms with van der Waals surface area (Å²) in [6, 6.07) is 6.08. The first-order chi connectivity index (χ1) is 9.15. The lowest BCUT2D eigenvalue weighted by Crippen LogP contribution is -2.30. The van der Waals surface area contributed by atoms with E-state index in [1.54, 1.807) is 6.07 Å². The van der Waals surface area contributed by atoms with Gasteiger partial charge in [-0.3, -0.25) is 0 Å². The van der Waals surface area contributed by atoms with Crippen LogP contribution in [0.1, 0.15) is 51.6 Å². The predicted octanol–water partition coefficient (Wildman–Crippen LogP) is 3.88. The van der Waals surface area contributed by atoms with E-state index in [2.05, 4.69) is 37.1 Å². The topological polar surface area (TPSA) is 15.3 Å². The normalized spacial score (nSPS) is 20.8. The second-order valence-corrected chi connectivity index (χ2v) is 5.54. The molecule has 2 unspecified atom stereocenters. The van der Waals surface area contributed by atoms with Crippen molar-refractivity contribution in [1.82, 2.24) is 5.32 Å². The highest BCUT2D eigenvalue weighted by Gasteiger charge is 2.26.